The summed E-state index contributed by atoms with van der Waals surface area (Å²) in [6, 6.07) is 1.29. The average molecular weight is 338 g/mol. The zero-order valence-corrected chi connectivity index (χ0v) is 14.7. The van der Waals surface area contributed by atoms with Gasteiger partial charge in [0.05, 0.1) is 31.6 Å². The van der Waals surface area contributed by atoms with Gasteiger partial charge in [0.15, 0.2) is 0 Å². The SMILES string of the molecule is COc1cc(N)ncc1N1CCN(C(=O)OC(C)(C)C)[C@H](CO)C1. The van der Waals surface area contributed by atoms with Crippen LogP contribution in [0.4, 0.5) is 16.3 Å². The van der Waals surface area contributed by atoms with E-state index in [0.717, 1.165) is 5.69 Å². The Balaban J connectivity index is 2.14. The summed E-state index contributed by atoms with van der Waals surface area (Å²) in [5.41, 5.74) is 5.90. The highest BCUT2D eigenvalue weighted by Gasteiger charge is 2.33. The Hall–Kier alpha value is -2.22. The minimum Gasteiger partial charge on any atom is -0.494 e. The number of methoxy groups -OCH3 is 1. The summed E-state index contributed by atoms with van der Waals surface area (Å²) in [6.07, 6.45) is 1.23. The molecule has 134 valence electrons. The smallest absolute Gasteiger partial charge is 0.410 e. The molecule has 1 aromatic heterocycles. The van der Waals surface area contributed by atoms with Gasteiger partial charge < -0.3 is 25.2 Å². The van der Waals surface area contributed by atoms with E-state index >= 15 is 0 Å². The maximum Gasteiger partial charge on any atom is 0.410 e. The number of nitrogen functional groups attached to an aromatic ring is 1. The molecule has 0 unspecified atom stereocenters. The number of nitrogens with zero attached hydrogens (tertiary/aromatic N) is 3. The Bertz CT molecular complexity index is 588. The molecule has 0 aliphatic carbocycles. The van der Waals surface area contributed by atoms with Gasteiger partial charge in [-0.2, -0.15) is 0 Å². The summed E-state index contributed by atoms with van der Waals surface area (Å²) in [6.45, 7) is 6.78. The monoisotopic (exact) mass is 338 g/mol. The number of ether oxygens (including phenoxy) is 2. The van der Waals surface area contributed by atoms with Crippen LogP contribution in [0.3, 0.4) is 0 Å². The van der Waals surface area contributed by atoms with Crippen molar-refractivity contribution >= 4 is 17.6 Å². The predicted octanol–water partition coefficient (Wildman–Crippen LogP) is 1.09. The average Bonchev–Trinajstić information content (AvgIpc) is 2.52. The Morgan fingerprint density at radius 1 is 1.46 bits per heavy atom. The zero-order valence-electron chi connectivity index (χ0n) is 14.7. The van der Waals surface area contributed by atoms with Gasteiger partial charge in [0.1, 0.15) is 17.2 Å². The summed E-state index contributed by atoms with van der Waals surface area (Å²) in [4.78, 5) is 20.0. The normalized spacial score (nSPS) is 18.5. The molecule has 8 nitrogen and oxygen atoms in total. The Morgan fingerprint density at radius 3 is 2.75 bits per heavy atom. The second-order valence-corrected chi connectivity index (χ2v) is 6.74. The molecule has 0 aromatic carbocycles. The van der Waals surface area contributed by atoms with E-state index in [4.69, 9.17) is 15.2 Å². The van der Waals surface area contributed by atoms with E-state index in [0.29, 0.717) is 31.2 Å². The third-order valence-corrected chi connectivity index (χ3v) is 3.75. The minimum absolute atomic E-state index is 0.152. The molecule has 2 heterocycles. The second-order valence-electron chi connectivity index (χ2n) is 6.74. The van der Waals surface area contributed by atoms with Crippen molar-refractivity contribution in [2.75, 3.05) is 44.0 Å². The number of carbonyl (C=O) groups is 1. The van der Waals surface area contributed by atoms with Crippen LogP contribution in [0, 0.1) is 0 Å². The molecule has 0 bridgehead atoms. The van der Waals surface area contributed by atoms with Crippen LogP contribution in [0.1, 0.15) is 20.8 Å². The Morgan fingerprint density at radius 2 is 2.17 bits per heavy atom. The lowest BCUT2D eigenvalue weighted by Crippen LogP contribution is -2.57. The van der Waals surface area contributed by atoms with Crippen molar-refractivity contribution in [3.63, 3.8) is 0 Å². The molecule has 3 N–H and O–H groups in total. The number of aromatic nitrogens is 1. The number of amides is 1. The Labute approximate surface area is 142 Å². The highest BCUT2D eigenvalue weighted by molar-refractivity contribution is 5.69. The third-order valence-electron chi connectivity index (χ3n) is 3.75. The fraction of sp³-hybridized carbons (Fsp3) is 0.625. The lowest BCUT2D eigenvalue weighted by molar-refractivity contribution is 0.00702. The summed E-state index contributed by atoms with van der Waals surface area (Å²) >= 11 is 0. The fourth-order valence-electron chi connectivity index (χ4n) is 2.64. The van der Waals surface area contributed by atoms with Crippen LogP contribution in [0.5, 0.6) is 5.75 Å². The van der Waals surface area contributed by atoms with Gasteiger partial charge in [-0.25, -0.2) is 9.78 Å². The van der Waals surface area contributed by atoms with E-state index in [2.05, 4.69) is 4.98 Å². The van der Waals surface area contributed by atoms with Gasteiger partial charge in [-0.05, 0) is 20.8 Å². The summed E-state index contributed by atoms with van der Waals surface area (Å²) in [5, 5.41) is 9.70. The number of hydrogen-bond donors (Lipinski definition) is 2. The van der Waals surface area contributed by atoms with E-state index in [-0.39, 0.29) is 12.6 Å². The number of nitrogens with two attached hydrogens (primary N) is 1. The number of aliphatic hydroxyl groups excluding tert-OH is 1. The Kier molecular flexibility index (Phi) is 5.38. The van der Waals surface area contributed by atoms with E-state index < -0.39 is 11.7 Å². The number of aliphatic hydroxyl groups is 1. The largest absolute Gasteiger partial charge is 0.494 e. The molecule has 2 rings (SSSR count). The molecule has 1 aliphatic heterocycles. The van der Waals surface area contributed by atoms with E-state index in [1.807, 2.05) is 25.7 Å². The number of anilines is 2. The van der Waals surface area contributed by atoms with Crippen molar-refractivity contribution in [2.24, 2.45) is 0 Å². The number of carbonyl (C=O) groups excluding carboxylic acids is 1. The van der Waals surface area contributed by atoms with Crippen molar-refractivity contribution < 1.29 is 19.4 Å². The van der Waals surface area contributed by atoms with Crippen LogP contribution in [0.2, 0.25) is 0 Å². The van der Waals surface area contributed by atoms with Crippen LogP contribution in [0.15, 0.2) is 12.3 Å². The first-order valence-electron chi connectivity index (χ1n) is 7.90. The number of piperazine rings is 1. The third kappa shape index (κ3) is 4.19. The standard InChI is InChI=1S/C16H26N4O4/c1-16(2,3)24-15(22)20-6-5-19(9-11(20)10-21)12-8-18-14(17)7-13(12)23-4/h7-8,11,21H,5-6,9-10H2,1-4H3,(H2,17,18)/t11-/m0/s1. The first-order chi connectivity index (χ1) is 11.2. The van der Waals surface area contributed by atoms with Gasteiger partial charge >= 0.3 is 6.09 Å². The highest BCUT2D eigenvalue weighted by atomic mass is 16.6. The van der Waals surface area contributed by atoms with E-state index in [1.54, 1.807) is 24.3 Å². The lowest BCUT2D eigenvalue weighted by atomic mass is 10.1. The van der Waals surface area contributed by atoms with E-state index in [1.165, 1.54) is 0 Å². The van der Waals surface area contributed by atoms with Crippen LogP contribution < -0.4 is 15.4 Å². The molecule has 1 saturated heterocycles. The van der Waals surface area contributed by atoms with Gasteiger partial charge in [-0.15, -0.1) is 0 Å². The summed E-state index contributed by atoms with van der Waals surface area (Å²) in [5.74, 6) is 0.992. The molecular formula is C16H26N4O4. The van der Waals surface area contributed by atoms with Crippen LogP contribution >= 0.6 is 0 Å². The van der Waals surface area contributed by atoms with Crippen LogP contribution in [-0.4, -0.2) is 66.1 Å². The lowest BCUT2D eigenvalue weighted by Gasteiger charge is -2.42. The van der Waals surface area contributed by atoms with Crippen LogP contribution in [-0.2, 0) is 4.74 Å². The summed E-state index contributed by atoms with van der Waals surface area (Å²) < 4.78 is 10.8. The molecule has 0 radical (unpaired) electrons. The first-order valence-corrected chi connectivity index (χ1v) is 7.90. The highest BCUT2D eigenvalue weighted by Crippen LogP contribution is 2.30. The molecule has 24 heavy (non-hydrogen) atoms. The van der Waals surface area contributed by atoms with E-state index in [9.17, 15) is 9.90 Å². The van der Waals surface area contributed by atoms with Gasteiger partial charge in [-0.1, -0.05) is 0 Å². The van der Waals surface area contributed by atoms with Crippen molar-refractivity contribution in [2.45, 2.75) is 32.4 Å². The van der Waals surface area contributed by atoms with Gasteiger partial charge in [-0.3, -0.25) is 4.90 Å². The molecule has 0 saturated carbocycles. The van der Waals surface area contributed by atoms with Gasteiger partial charge in [0.2, 0.25) is 0 Å². The number of hydrogen-bond acceptors (Lipinski definition) is 7. The minimum atomic E-state index is -0.571. The molecular weight excluding hydrogens is 312 g/mol. The molecule has 0 spiro atoms. The quantitative estimate of drug-likeness (QED) is 0.850. The molecule has 8 heteroatoms. The molecule has 1 aromatic rings. The molecule has 1 atom stereocenters. The molecule has 1 fully saturated rings. The molecule has 1 amide bonds. The van der Waals surface area contributed by atoms with Gasteiger partial charge in [0, 0.05) is 25.7 Å². The zero-order chi connectivity index (χ0) is 17.9. The molecule has 1 aliphatic rings. The summed E-state index contributed by atoms with van der Waals surface area (Å²) in [7, 11) is 1.57. The van der Waals surface area contributed by atoms with Crippen molar-refractivity contribution in [1.82, 2.24) is 9.88 Å². The van der Waals surface area contributed by atoms with Crippen molar-refractivity contribution in [3.8, 4) is 5.75 Å². The van der Waals surface area contributed by atoms with Crippen molar-refractivity contribution in [1.29, 1.82) is 0 Å². The fourth-order valence-corrected chi connectivity index (χ4v) is 2.64. The number of pyridine rings is 1. The second kappa shape index (κ2) is 7.12. The predicted molar refractivity (Wildman–Crippen MR) is 91.2 cm³/mol. The number of rotatable bonds is 3. The first kappa shape index (κ1) is 18.1. The maximum atomic E-state index is 12.3. The van der Waals surface area contributed by atoms with Crippen LogP contribution in [0.25, 0.3) is 0 Å². The topological polar surface area (TPSA) is 101 Å². The van der Waals surface area contributed by atoms with Crippen molar-refractivity contribution in [3.05, 3.63) is 12.3 Å². The van der Waals surface area contributed by atoms with Gasteiger partial charge in [0.25, 0.3) is 0 Å². The maximum absolute atomic E-state index is 12.3.